The summed E-state index contributed by atoms with van der Waals surface area (Å²) in [4.78, 5) is 18.5. The molecule has 7 nitrogen and oxygen atoms in total. The number of aromatic nitrogens is 3. The summed E-state index contributed by atoms with van der Waals surface area (Å²) in [6, 6.07) is 100. The summed E-state index contributed by atoms with van der Waals surface area (Å²) in [7, 11) is 0. The van der Waals surface area contributed by atoms with E-state index in [0.29, 0.717) is 33.9 Å². The Kier molecular flexibility index (Phi) is 12.6. The molecule has 0 aliphatic carbocycles. The van der Waals surface area contributed by atoms with Crippen molar-refractivity contribution in [2.24, 2.45) is 0 Å². The summed E-state index contributed by atoms with van der Waals surface area (Å²) in [5.74, 6) is 0.542. The molecule has 2 aromatic heterocycles. The first kappa shape index (κ1) is 47.6. The zero-order chi connectivity index (χ0) is 53.1. The van der Waals surface area contributed by atoms with Gasteiger partial charge in [-0.1, -0.05) is 170 Å². The Balaban J connectivity index is 0.874. The van der Waals surface area contributed by atoms with Crippen LogP contribution in [0.4, 0.5) is 39.8 Å². The van der Waals surface area contributed by atoms with Gasteiger partial charge in [0.05, 0.1) is 40.6 Å². The van der Waals surface area contributed by atoms with E-state index in [1.165, 1.54) is 0 Å². The van der Waals surface area contributed by atoms with Crippen LogP contribution < -0.4 is 9.80 Å². The molecule has 0 amide bonds. The third kappa shape index (κ3) is 9.21. The summed E-state index contributed by atoms with van der Waals surface area (Å²) in [5.41, 5.74) is 17.7. The van der Waals surface area contributed by atoms with Crippen molar-refractivity contribution in [3.63, 3.8) is 0 Å². The Bertz CT molecular complexity index is 4120. The number of hydrogen-bond acceptors (Lipinski definition) is 5. The van der Waals surface area contributed by atoms with E-state index < -0.39 is 0 Å². The molecular formula is C72H47N7. The molecule has 0 saturated carbocycles. The summed E-state index contributed by atoms with van der Waals surface area (Å²) in [6.07, 6.45) is 0. The maximum Gasteiger partial charge on any atom is 0.195 e. The Morgan fingerprint density at radius 1 is 0.367 bits per heavy atom. The Hall–Kier alpha value is -11.1. The van der Waals surface area contributed by atoms with Crippen molar-refractivity contribution in [3.8, 4) is 67.9 Å². The molecule has 0 saturated heterocycles. The van der Waals surface area contributed by atoms with Crippen molar-refractivity contribution < 1.29 is 0 Å². The fourth-order valence-corrected chi connectivity index (χ4v) is 10.7. The second-order valence-electron chi connectivity index (χ2n) is 19.2. The first-order chi connectivity index (χ1) is 39.1. The topological polar surface area (TPSA) is 65.3 Å². The largest absolute Gasteiger partial charge is 0.310 e. The van der Waals surface area contributed by atoms with E-state index in [0.717, 1.165) is 95.1 Å². The molecule has 0 unspecified atom stereocenters. The van der Waals surface area contributed by atoms with Crippen LogP contribution in [0.25, 0.3) is 88.5 Å². The van der Waals surface area contributed by atoms with Crippen molar-refractivity contribution in [2.45, 2.75) is 0 Å². The average molecular weight is 1010 g/mol. The van der Waals surface area contributed by atoms with Gasteiger partial charge in [-0.2, -0.15) is 5.26 Å². The summed E-state index contributed by atoms with van der Waals surface area (Å²) in [6.45, 7) is 8.34. The third-order valence-electron chi connectivity index (χ3n) is 14.4. The van der Waals surface area contributed by atoms with Gasteiger partial charge in [-0.05, 0) is 138 Å². The number of anilines is 6. The highest BCUT2D eigenvalue weighted by Crippen LogP contribution is 2.44. The zero-order valence-corrected chi connectivity index (χ0v) is 42.8. The van der Waals surface area contributed by atoms with Gasteiger partial charge in [0.15, 0.2) is 11.5 Å². The molecule has 0 aliphatic rings. The smallest absolute Gasteiger partial charge is 0.195 e. The lowest BCUT2D eigenvalue weighted by Crippen LogP contribution is -2.09. The van der Waals surface area contributed by atoms with Crippen LogP contribution in [-0.2, 0) is 0 Å². The van der Waals surface area contributed by atoms with Gasteiger partial charge in [-0.25, -0.2) is 14.8 Å². The quantitative estimate of drug-likeness (QED) is 0.114. The Morgan fingerprint density at radius 3 is 1.24 bits per heavy atom. The van der Waals surface area contributed by atoms with Crippen LogP contribution in [0.1, 0.15) is 5.56 Å². The van der Waals surface area contributed by atoms with Gasteiger partial charge in [0.25, 0.3) is 0 Å². The van der Waals surface area contributed by atoms with Crippen molar-refractivity contribution in [1.82, 2.24) is 14.5 Å². The van der Waals surface area contributed by atoms with Crippen LogP contribution >= 0.6 is 0 Å². The molecule has 0 N–H and O–H groups in total. The van der Waals surface area contributed by atoms with Crippen molar-refractivity contribution >= 4 is 61.6 Å². The van der Waals surface area contributed by atoms with Crippen LogP contribution in [-0.4, -0.2) is 14.5 Å². The number of para-hydroxylation sites is 4. The molecule has 0 fully saturated rings. The summed E-state index contributed by atoms with van der Waals surface area (Å²) >= 11 is 0. The number of hydrogen-bond donors (Lipinski definition) is 0. The Labute approximate surface area is 458 Å². The van der Waals surface area contributed by atoms with Gasteiger partial charge >= 0.3 is 0 Å². The molecule has 0 atom stereocenters. The minimum Gasteiger partial charge on any atom is -0.310 e. The van der Waals surface area contributed by atoms with E-state index >= 15 is 0 Å². The number of fused-ring (bicyclic) bond motifs is 3. The van der Waals surface area contributed by atoms with Crippen LogP contribution in [0.5, 0.6) is 0 Å². The summed E-state index contributed by atoms with van der Waals surface area (Å²) < 4.78 is 2.37. The minimum absolute atomic E-state index is 0.422. The maximum absolute atomic E-state index is 10.7. The second kappa shape index (κ2) is 20.9. The van der Waals surface area contributed by atoms with Crippen LogP contribution in [0.3, 0.4) is 0 Å². The molecule has 13 rings (SSSR count). The van der Waals surface area contributed by atoms with E-state index in [9.17, 15) is 5.26 Å². The van der Waals surface area contributed by atoms with Gasteiger partial charge in [0.1, 0.15) is 0 Å². The number of nitriles is 1. The molecule has 11 aromatic carbocycles. The van der Waals surface area contributed by atoms with Crippen LogP contribution in [0.15, 0.2) is 285 Å². The lowest BCUT2D eigenvalue weighted by Gasteiger charge is -2.26. The second-order valence-corrected chi connectivity index (χ2v) is 19.2. The van der Waals surface area contributed by atoms with Gasteiger partial charge in [0, 0.05) is 67.3 Å². The predicted molar refractivity (Wildman–Crippen MR) is 324 cm³/mol. The molecule has 2 heterocycles. The number of rotatable bonds is 12. The van der Waals surface area contributed by atoms with E-state index in [1.54, 1.807) is 6.07 Å². The fourth-order valence-electron chi connectivity index (χ4n) is 10.7. The van der Waals surface area contributed by atoms with Gasteiger partial charge in [-0.15, -0.1) is 0 Å². The molecule has 0 spiro atoms. The molecule has 79 heavy (non-hydrogen) atoms. The zero-order valence-electron chi connectivity index (χ0n) is 42.8. The summed E-state index contributed by atoms with van der Waals surface area (Å²) in [5, 5.41) is 12.9. The molecule has 13 aromatic rings. The molecule has 370 valence electrons. The lowest BCUT2D eigenvalue weighted by molar-refractivity contribution is 1.18. The van der Waals surface area contributed by atoms with Gasteiger partial charge < -0.3 is 14.4 Å². The lowest BCUT2D eigenvalue weighted by atomic mass is 9.94. The van der Waals surface area contributed by atoms with Gasteiger partial charge in [0.2, 0.25) is 0 Å². The normalized spacial score (nSPS) is 11.0. The monoisotopic (exact) mass is 1010 g/mol. The molecule has 7 heteroatoms. The number of nitrogens with zero attached hydrogens (tertiary/aromatic N) is 7. The van der Waals surface area contributed by atoms with E-state index in [1.807, 2.05) is 84.9 Å². The Morgan fingerprint density at radius 2 is 0.785 bits per heavy atom. The highest BCUT2D eigenvalue weighted by molar-refractivity contribution is 6.12. The molecular weight excluding hydrogens is 963 g/mol. The van der Waals surface area contributed by atoms with E-state index in [2.05, 4.69) is 219 Å². The minimum atomic E-state index is 0.422. The van der Waals surface area contributed by atoms with Crippen LogP contribution in [0, 0.1) is 17.9 Å². The highest BCUT2D eigenvalue weighted by atomic mass is 15.1. The van der Waals surface area contributed by atoms with E-state index in [-0.39, 0.29) is 0 Å². The fraction of sp³-hybridized carbons (Fsp3) is 0. The van der Waals surface area contributed by atoms with Gasteiger partial charge in [-0.3, -0.25) is 0 Å². The van der Waals surface area contributed by atoms with Crippen molar-refractivity contribution in [3.05, 3.63) is 302 Å². The van der Waals surface area contributed by atoms with Crippen molar-refractivity contribution in [2.75, 3.05) is 9.80 Å². The maximum atomic E-state index is 10.7. The van der Waals surface area contributed by atoms with E-state index in [4.69, 9.17) is 16.5 Å². The average Bonchev–Trinajstić information content (AvgIpc) is 4.13. The van der Waals surface area contributed by atoms with Crippen molar-refractivity contribution in [1.29, 1.82) is 5.26 Å². The standard InChI is InChI=1S/C72H47N7/c1-74-68-47-64(69-48-67(53-20-8-2-9-21-53)75-72(76-69)54-22-10-3-11-23-54)55(49-73)44-63(68)52-34-32-50(33-35-52)51-36-38-60(39-37-51)79-70-42-40-61(77(56-24-12-4-13-25-56)57-26-14-5-15-27-57)45-65(70)66-46-62(41-43-71(66)79)78(58-28-16-6-17-29-58)59-30-18-7-19-31-59/h2-48H. The third-order valence-corrected chi connectivity index (χ3v) is 14.4. The molecule has 0 bridgehead atoms. The molecule has 0 aliphatic heterocycles. The predicted octanol–water partition coefficient (Wildman–Crippen LogP) is 19.3. The molecule has 0 radical (unpaired) electrons. The first-order valence-corrected chi connectivity index (χ1v) is 26.1. The SMILES string of the molecule is [C-]#[N+]c1cc(-c2cc(-c3ccccc3)nc(-c3ccccc3)n2)c(C#N)cc1-c1ccc(-c2ccc(-n3c4ccc(N(c5ccccc5)c5ccccc5)cc4c4cc(N(c5ccccc5)c5ccccc5)ccc43)cc2)cc1. The number of benzene rings is 11. The first-order valence-electron chi connectivity index (χ1n) is 26.1. The highest BCUT2D eigenvalue weighted by Gasteiger charge is 2.22. The van der Waals surface area contributed by atoms with Crippen LogP contribution in [0.2, 0.25) is 0 Å².